The zero-order valence-corrected chi connectivity index (χ0v) is 11.2. The van der Waals surface area contributed by atoms with Crippen molar-refractivity contribution in [2.24, 2.45) is 0 Å². The number of halogens is 1. The van der Waals surface area contributed by atoms with Gasteiger partial charge in [-0.05, 0) is 27.7 Å². The Kier molecular flexibility index (Phi) is 4.56. The molecule has 0 aliphatic heterocycles. The minimum Gasteiger partial charge on any atom is -0.305 e. The summed E-state index contributed by atoms with van der Waals surface area (Å²) < 4.78 is 2.03. The van der Waals surface area contributed by atoms with E-state index in [9.17, 15) is 0 Å². The Morgan fingerprint density at radius 2 is 2.19 bits per heavy atom. The quantitative estimate of drug-likeness (QED) is 0.859. The van der Waals surface area contributed by atoms with Crippen LogP contribution in [0.4, 0.5) is 0 Å². The van der Waals surface area contributed by atoms with Crippen molar-refractivity contribution in [1.29, 1.82) is 0 Å². The molecule has 0 spiro atoms. The normalized spacial score (nSPS) is 12.8. The van der Waals surface area contributed by atoms with Gasteiger partial charge in [-0.15, -0.1) is 0 Å². The summed E-state index contributed by atoms with van der Waals surface area (Å²) in [6.07, 6.45) is 0. The van der Waals surface area contributed by atoms with Gasteiger partial charge in [-0.3, -0.25) is 4.68 Å². The predicted octanol–water partition coefficient (Wildman–Crippen LogP) is 2.92. The average molecular weight is 242 g/mol. The van der Waals surface area contributed by atoms with Crippen molar-refractivity contribution < 1.29 is 0 Å². The van der Waals surface area contributed by atoms with Crippen LogP contribution in [0.3, 0.4) is 0 Å². The minimum absolute atomic E-state index is 0.246. The van der Waals surface area contributed by atoms with Crippen LogP contribution in [-0.4, -0.2) is 16.3 Å². The second-order valence-electron chi connectivity index (χ2n) is 4.02. The third-order valence-corrected chi connectivity index (χ3v) is 2.90. The van der Waals surface area contributed by atoms with Crippen LogP contribution in [0.2, 0.25) is 0 Å². The van der Waals surface area contributed by atoms with E-state index in [2.05, 4.69) is 37.8 Å². The molecule has 1 heterocycles. The molecule has 0 amide bonds. The topological polar surface area (TPSA) is 29.9 Å². The van der Waals surface area contributed by atoms with Crippen LogP contribution >= 0.6 is 11.6 Å². The van der Waals surface area contributed by atoms with Crippen LogP contribution < -0.4 is 5.32 Å². The van der Waals surface area contributed by atoms with Crippen molar-refractivity contribution in [1.82, 2.24) is 15.1 Å². The van der Waals surface area contributed by atoms with Gasteiger partial charge in [0.2, 0.25) is 0 Å². The third-order valence-electron chi connectivity index (χ3n) is 2.77. The highest BCUT2D eigenvalue weighted by atomic mass is 35.5. The lowest BCUT2D eigenvalue weighted by molar-refractivity contribution is 0.600. The summed E-state index contributed by atoms with van der Waals surface area (Å²) in [7, 11) is 0. The van der Waals surface area contributed by atoms with E-state index in [4.69, 9.17) is 11.6 Å². The zero-order chi connectivity index (χ0) is 12.3. The molecule has 0 aromatic carbocycles. The molecule has 0 saturated carbocycles. The summed E-state index contributed by atoms with van der Waals surface area (Å²) in [6, 6.07) is 0.246. The molecule has 0 fully saturated rings. The lowest BCUT2D eigenvalue weighted by atomic mass is 10.1. The molecule has 1 N–H and O–H groups in total. The van der Waals surface area contributed by atoms with E-state index in [0.717, 1.165) is 12.2 Å². The molecule has 16 heavy (non-hydrogen) atoms. The Bertz CT molecular complexity index is 382. The van der Waals surface area contributed by atoms with E-state index in [0.29, 0.717) is 11.6 Å². The second-order valence-corrected chi connectivity index (χ2v) is 4.55. The highest BCUT2D eigenvalue weighted by Gasteiger charge is 2.16. The first-order valence-electron chi connectivity index (χ1n) is 5.57. The molecule has 0 saturated heterocycles. The van der Waals surface area contributed by atoms with Gasteiger partial charge in [0, 0.05) is 35.4 Å². The monoisotopic (exact) mass is 241 g/mol. The Labute approximate surface area is 102 Å². The van der Waals surface area contributed by atoms with Crippen molar-refractivity contribution >= 4 is 11.6 Å². The molecule has 4 heteroatoms. The molecule has 1 unspecified atom stereocenters. The largest absolute Gasteiger partial charge is 0.305 e. The fourth-order valence-electron chi connectivity index (χ4n) is 2.01. The number of nitrogens with one attached hydrogen (secondary N) is 1. The van der Waals surface area contributed by atoms with Gasteiger partial charge >= 0.3 is 0 Å². The van der Waals surface area contributed by atoms with Crippen LogP contribution in [0, 0.1) is 13.8 Å². The molecule has 90 valence electrons. The number of aryl methyl sites for hydroxylation is 2. The number of hydrogen-bond acceptors (Lipinski definition) is 2. The van der Waals surface area contributed by atoms with Crippen LogP contribution in [-0.2, 0) is 6.54 Å². The summed E-state index contributed by atoms with van der Waals surface area (Å²) in [4.78, 5) is 0. The van der Waals surface area contributed by atoms with Crippen LogP contribution in [0.5, 0.6) is 0 Å². The summed E-state index contributed by atoms with van der Waals surface area (Å²) in [5.74, 6) is 0. The van der Waals surface area contributed by atoms with Crippen molar-refractivity contribution in [2.45, 2.75) is 40.3 Å². The molecule has 1 rings (SSSR count). The Morgan fingerprint density at radius 3 is 2.62 bits per heavy atom. The van der Waals surface area contributed by atoms with Gasteiger partial charge in [-0.25, -0.2) is 0 Å². The molecule has 3 nitrogen and oxygen atoms in total. The molecular weight excluding hydrogens is 222 g/mol. The van der Waals surface area contributed by atoms with E-state index in [1.807, 2.05) is 11.6 Å². The van der Waals surface area contributed by atoms with Crippen LogP contribution in [0.25, 0.3) is 0 Å². The molecule has 1 aromatic rings. The maximum atomic E-state index is 5.74. The average Bonchev–Trinajstić information content (AvgIpc) is 2.50. The lowest BCUT2D eigenvalue weighted by Gasteiger charge is -2.14. The number of aromatic nitrogens is 2. The SMILES string of the molecule is C=C(Cl)CNC(C)c1c(C)nn(CC)c1C. The van der Waals surface area contributed by atoms with Crippen molar-refractivity contribution in [2.75, 3.05) is 6.54 Å². The zero-order valence-electron chi connectivity index (χ0n) is 10.5. The molecule has 0 aliphatic carbocycles. The van der Waals surface area contributed by atoms with Crippen molar-refractivity contribution in [3.63, 3.8) is 0 Å². The van der Waals surface area contributed by atoms with Gasteiger partial charge in [0.1, 0.15) is 0 Å². The minimum atomic E-state index is 0.246. The molecule has 0 bridgehead atoms. The number of rotatable bonds is 5. The Hall–Kier alpha value is -0.800. The van der Waals surface area contributed by atoms with Gasteiger partial charge < -0.3 is 5.32 Å². The third kappa shape index (κ3) is 2.86. The van der Waals surface area contributed by atoms with E-state index >= 15 is 0 Å². The second kappa shape index (κ2) is 5.51. The fraction of sp³-hybridized carbons (Fsp3) is 0.583. The van der Waals surface area contributed by atoms with Gasteiger partial charge in [0.25, 0.3) is 0 Å². The number of nitrogens with zero attached hydrogens (tertiary/aromatic N) is 2. The van der Waals surface area contributed by atoms with E-state index < -0.39 is 0 Å². The molecule has 0 radical (unpaired) electrons. The van der Waals surface area contributed by atoms with E-state index in [1.165, 1.54) is 11.3 Å². The van der Waals surface area contributed by atoms with Gasteiger partial charge in [0.05, 0.1) is 5.69 Å². The molecule has 1 aromatic heterocycles. The van der Waals surface area contributed by atoms with Crippen molar-refractivity contribution in [3.05, 3.63) is 28.6 Å². The first-order valence-corrected chi connectivity index (χ1v) is 5.95. The molecule has 0 aliphatic rings. The fourth-order valence-corrected chi connectivity index (χ4v) is 2.09. The summed E-state index contributed by atoms with van der Waals surface area (Å²) in [5.41, 5.74) is 3.57. The molecular formula is C12H20ClN3. The van der Waals surface area contributed by atoms with Crippen LogP contribution in [0.15, 0.2) is 11.6 Å². The van der Waals surface area contributed by atoms with E-state index in [1.54, 1.807) is 0 Å². The number of hydrogen-bond donors (Lipinski definition) is 1. The van der Waals surface area contributed by atoms with Gasteiger partial charge in [-0.1, -0.05) is 18.2 Å². The predicted molar refractivity (Wildman–Crippen MR) is 68.8 cm³/mol. The van der Waals surface area contributed by atoms with Crippen LogP contribution in [0.1, 0.15) is 36.8 Å². The Morgan fingerprint density at radius 1 is 1.56 bits per heavy atom. The molecule has 1 atom stereocenters. The lowest BCUT2D eigenvalue weighted by Crippen LogP contribution is -2.21. The van der Waals surface area contributed by atoms with Gasteiger partial charge in [0.15, 0.2) is 0 Å². The maximum absolute atomic E-state index is 5.74. The summed E-state index contributed by atoms with van der Waals surface area (Å²) in [6.45, 7) is 13.6. The smallest absolute Gasteiger partial charge is 0.0644 e. The highest BCUT2D eigenvalue weighted by molar-refractivity contribution is 6.29. The van der Waals surface area contributed by atoms with Crippen molar-refractivity contribution in [3.8, 4) is 0 Å². The first-order chi connectivity index (χ1) is 7.47. The van der Waals surface area contributed by atoms with Gasteiger partial charge in [-0.2, -0.15) is 5.10 Å². The first kappa shape index (κ1) is 13.3. The summed E-state index contributed by atoms with van der Waals surface area (Å²) in [5, 5.41) is 8.46. The Balaban J connectivity index is 2.86. The standard InChI is InChI=1S/C12H20ClN3/c1-6-16-11(5)12(10(4)15-16)9(3)14-7-8(2)13/h9,14H,2,6-7H2,1,3-5H3. The maximum Gasteiger partial charge on any atom is 0.0644 e. The summed E-state index contributed by atoms with van der Waals surface area (Å²) >= 11 is 5.74. The van der Waals surface area contributed by atoms with E-state index in [-0.39, 0.29) is 6.04 Å². The highest BCUT2D eigenvalue weighted by Crippen LogP contribution is 2.21.